The van der Waals surface area contributed by atoms with Crippen molar-refractivity contribution in [1.29, 1.82) is 0 Å². The SMILES string of the molecule is COc1c(N)ncnc1Oc1cc(C)ccc1C(C)C. The average molecular weight is 273 g/mol. The molecule has 0 atom stereocenters. The Labute approximate surface area is 118 Å². The van der Waals surface area contributed by atoms with Crippen molar-refractivity contribution in [2.24, 2.45) is 0 Å². The van der Waals surface area contributed by atoms with E-state index in [1.54, 1.807) is 0 Å². The van der Waals surface area contributed by atoms with E-state index < -0.39 is 0 Å². The number of nitrogens with zero attached hydrogens (tertiary/aromatic N) is 2. The molecule has 1 heterocycles. The van der Waals surface area contributed by atoms with Crippen LogP contribution < -0.4 is 15.2 Å². The number of rotatable bonds is 4. The van der Waals surface area contributed by atoms with Crippen molar-refractivity contribution in [3.05, 3.63) is 35.7 Å². The Balaban J connectivity index is 2.44. The van der Waals surface area contributed by atoms with E-state index in [1.165, 1.54) is 13.4 Å². The molecule has 1 aromatic carbocycles. The number of hydrogen-bond donors (Lipinski definition) is 1. The van der Waals surface area contributed by atoms with Gasteiger partial charge in [-0.25, -0.2) is 4.98 Å². The number of benzene rings is 1. The molecule has 2 aromatic rings. The van der Waals surface area contributed by atoms with Crippen molar-refractivity contribution >= 4 is 5.82 Å². The molecule has 0 amide bonds. The summed E-state index contributed by atoms with van der Waals surface area (Å²) < 4.78 is 11.1. The first-order valence-electron chi connectivity index (χ1n) is 6.45. The number of aromatic nitrogens is 2. The van der Waals surface area contributed by atoms with E-state index >= 15 is 0 Å². The zero-order valence-electron chi connectivity index (χ0n) is 12.2. The van der Waals surface area contributed by atoms with Crippen LogP contribution in [0.25, 0.3) is 0 Å². The number of ether oxygens (including phenoxy) is 2. The number of methoxy groups -OCH3 is 1. The minimum absolute atomic E-state index is 0.260. The van der Waals surface area contributed by atoms with Crippen LogP contribution >= 0.6 is 0 Å². The fourth-order valence-electron chi connectivity index (χ4n) is 1.95. The van der Waals surface area contributed by atoms with Crippen molar-refractivity contribution in [3.8, 4) is 17.4 Å². The zero-order chi connectivity index (χ0) is 14.7. The highest BCUT2D eigenvalue weighted by atomic mass is 16.5. The molecule has 2 N–H and O–H groups in total. The second-order valence-corrected chi connectivity index (χ2v) is 4.90. The molecule has 1 aromatic heterocycles. The van der Waals surface area contributed by atoms with E-state index in [0.717, 1.165) is 16.9 Å². The highest BCUT2D eigenvalue weighted by Gasteiger charge is 2.15. The molecule has 20 heavy (non-hydrogen) atoms. The summed E-state index contributed by atoms with van der Waals surface area (Å²) >= 11 is 0. The lowest BCUT2D eigenvalue weighted by atomic mass is 10.0. The molecule has 0 aliphatic heterocycles. The average Bonchev–Trinajstić information content (AvgIpc) is 2.38. The van der Waals surface area contributed by atoms with Gasteiger partial charge in [-0.1, -0.05) is 26.0 Å². The van der Waals surface area contributed by atoms with Crippen LogP contribution in [0.5, 0.6) is 17.4 Å². The molecular formula is C15H19N3O2. The van der Waals surface area contributed by atoms with Gasteiger partial charge in [-0.2, -0.15) is 4.98 Å². The Hall–Kier alpha value is -2.30. The summed E-state index contributed by atoms with van der Waals surface area (Å²) in [7, 11) is 1.52. The van der Waals surface area contributed by atoms with E-state index in [4.69, 9.17) is 15.2 Å². The second kappa shape index (κ2) is 5.77. The van der Waals surface area contributed by atoms with E-state index in [9.17, 15) is 0 Å². The molecule has 0 radical (unpaired) electrons. The largest absolute Gasteiger partial charge is 0.489 e. The van der Waals surface area contributed by atoms with Gasteiger partial charge in [0.05, 0.1) is 7.11 Å². The summed E-state index contributed by atoms with van der Waals surface area (Å²) in [6.45, 7) is 6.24. The molecule has 0 aliphatic carbocycles. The van der Waals surface area contributed by atoms with Crippen LogP contribution in [0.1, 0.15) is 30.9 Å². The molecule has 0 saturated carbocycles. The molecule has 2 rings (SSSR count). The van der Waals surface area contributed by atoms with Crippen LogP contribution in [0.3, 0.4) is 0 Å². The van der Waals surface area contributed by atoms with Gasteiger partial charge in [0.25, 0.3) is 5.88 Å². The van der Waals surface area contributed by atoms with Gasteiger partial charge in [-0.05, 0) is 30.0 Å². The normalized spacial score (nSPS) is 10.7. The van der Waals surface area contributed by atoms with Gasteiger partial charge in [0.15, 0.2) is 5.82 Å². The summed E-state index contributed by atoms with van der Waals surface area (Å²) in [5, 5.41) is 0. The van der Waals surface area contributed by atoms with E-state index in [1.807, 2.05) is 13.0 Å². The van der Waals surface area contributed by atoms with E-state index in [0.29, 0.717) is 17.5 Å². The van der Waals surface area contributed by atoms with Crippen molar-refractivity contribution in [2.75, 3.05) is 12.8 Å². The monoisotopic (exact) mass is 273 g/mol. The molecule has 106 valence electrons. The highest BCUT2D eigenvalue weighted by molar-refractivity contribution is 5.53. The fourth-order valence-corrected chi connectivity index (χ4v) is 1.95. The van der Waals surface area contributed by atoms with Crippen LogP contribution in [0.15, 0.2) is 24.5 Å². The number of aryl methyl sites for hydroxylation is 1. The third-order valence-electron chi connectivity index (χ3n) is 3.00. The molecule has 0 saturated heterocycles. The van der Waals surface area contributed by atoms with Gasteiger partial charge in [-0.3, -0.25) is 0 Å². The standard InChI is InChI=1S/C15H19N3O2/c1-9(2)11-6-5-10(3)7-12(11)20-15-13(19-4)14(16)17-8-18-15/h5-9H,1-4H3,(H2,16,17,18). The van der Waals surface area contributed by atoms with Gasteiger partial charge in [-0.15, -0.1) is 0 Å². The summed E-state index contributed by atoms with van der Waals surface area (Å²) in [4.78, 5) is 7.99. The van der Waals surface area contributed by atoms with Crippen molar-refractivity contribution in [3.63, 3.8) is 0 Å². The van der Waals surface area contributed by atoms with Crippen molar-refractivity contribution < 1.29 is 9.47 Å². The van der Waals surface area contributed by atoms with Crippen molar-refractivity contribution in [2.45, 2.75) is 26.7 Å². The summed E-state index contributed by atoms with van der Waals surface area (Å²) in [5.74, 6) is 2.04. The van der Waals surface area contributed by atoms with Gasteiger partial charge in [0.1, 0.15) is 12.1 Å². The Bertz CT molecular complexity index is 612. The Morgan fingerprint density at radius 3 is 2.60 bits per heavy atom. The van der Waals surface area contributed by atoms with Crippen LogP contribution in [0.4, 0.5) is 5.82 Å². The summed E-state index contributed by atoms with van der Waals surface area (Å²) in [5.41, 5.74) is 7.98. The molecule has 0 aliphatic rings. The van der Waals surface area contributed by atoms with Crippen molar-refractivity contribution in [1.82, 2.24) is 9.97 Å². The smallest absolute Gasteiger partial charge is 0.268 e. The van der Waals surface area contributed by atoms with Crippen LogP contribution in [0.2, 0.25) is 0 Å². The first-order valence-corrected chi connectivity index (χ1v) is 6.45. The first kappa shape index (κ1) is 14.1. The predicted molar refractivity (Wildman–Crippen MR) is 78.3 cm³/mol. The van der Waals surface area contributed by atoms with Gasteiger partial charge >= 0.3 is 0 Å². The highest BCUT2D eigenvalue weighted by Crippen LogP contribution is 2.36. The van der Waals surface area contributed by atoms with Crippen LogP contribution in [-0.4, -0.2) is 17.1 Å². The lowest BCUT2D eigenvalue weighted by molar-refractivity contribution is 0.367. The third kappa shape index (κ3) is 2.82. The third-order valence-corrected chi connectivity index (χ3v) is 3.00. The summed E-state index contributed by atoms with van der Waals surface area (Å²) in [6.07, 6.45) is 1.36. The number of nitrogens with two attached hydrogens (primary N) is 1. The molecule has 5 heteroatoms. The maximum Gasteiger partial charge on any atom is 0.268 e. The molecule has 0 unspecified atom stereocenters. The van der Waals surface area contributed by atoms with Crippen LogP contribution in [0, 0.1) is 6.92 Å². The summed E-state index contributed by atoms with van der Waals surface area (Å²) in [6, 6.07) is 6.10. The lowest BCUT2D eigenvalue weighted by Crippen LogP contribution is -2.02. The predicted octanol–water partition coefficient (Wildman–Crippen LogP) is 3.29. The van der Waals surface area contributed by atoms with Gasteiger partial charge in [0, 0.05) is 0 Å². The topological polar surface area (TPSA) is 70.3 Å². The quantitative estimate of drug-likeness (QED) is 0.925. The first-order chi connectivity index (χ1) is 9.52. The Morgan fingerprint density at radius 2 is 1.95 bits per heavy atom. The zero-order valence-corrected chi connectivity index (χ0v) is 12.2. The van der Waals surface area contributed by atoms with E-state index in [-0.39, 0.29) is 5.82 Å². The minimum Gasteiger partial charge on any atom is -0.489 e. The number of hydrogen-bond acceptors (Lipinski definition) is 5. The van der Waals surface area contributed by atoms with Gasteiger partial charge < -0.3 is 15.2 Å². The molecule has 0 bridgehead atoms. The lowest BCUT2D eigenvalue weighted by Gasteiger charge is -2.15. The molecular weight excluding hydrogens is 254 g/mol. The molecule has 5 nitrogen and oxygen atoms in total. The maximum absolute atomic E-state index is 5.90. The molecule has 0 spiro atoms. The second-order valence-electron chi connectivity index (χ2n) is 4.90. The Kier molecular flexibility index (Phi) is 4.08. The molecule has 0 fully saturated rings. The van der Waals surface area contributed by atoms with Crippen LogP contribution in [-0.2, 0) is 0 Å². The van der Waals surface area contributed by atoms with Gasteiger partial charge in [0.2, 0.25) is 5.75 Å². The maximum atomic E-state index is 5.90. The number of anilines is 1. The number of nitrogen functional groups attached to an aromatic ring is 1. The Morgan fingerprint density at radius 1 is 1.20 bits per heavy atom. The minimum atomic E-state index is 0.260. The van der Waals surface area contributed by atoms with E-state index in [2.05, 4.69) is 35.9 Å². The fraction of sp³-hybridized carbons (Fsp3) is 0.333.